The van der Waals surface area contributed by atoms with E-state index in [1.807, 2.05) is 37.3 Å². The third-order valence-electron chi connectivity index (χ3n) is 5.04. The highest BCUT2D eigenvalue weighted by Gasteiger charge is 2.24. The van der Waals surface area contributed by atoms with E-state index in [9.17, 15) is 9.59 Å². The fourth-order valence-corrected chi connectivity index (χ4v) is 4.57. The topological polar surface area (TPSA) is 49.4 Å². The average Bonchev–Trinajstić information content (AvgIpc) is 3.05. The Kier molecular flexibility index (Phi) is 5.77. The Balaban J connectivity index is 1.60. The van der Waals surface area contributed by atoms with E-state index >= 15 is 0 Å². The third-order valence-corrected chi connectivity index (χ3v) is 6.26. The van der Waals surface area contributed by atoms with Crippen molar-refractivity contribution in [1.82, 2.24) is 4.90 Å². The lowest BCUT2D eigenvalue weighted by atomic mass is 9.87. The SMILES string of the molecule is CC[C@@H]1CCc2sc(C(=O)N(C)CC(=O)Nc3ccc(C)cc3)cc2C1. The van der Waals surface area contributed by atoms with Crippen LogP contribution in [0.5, 0.6) is 0 Å². The van der Waals surface area contributed by atoms with E-state index in [1.54, 1.807) is 18.4 Å². The molecule has 0 spiro atoms. The summed E-state index contributed by atoms with van der Waals surface area (Å²) < 4.78 is 0. The number of anilines is 1. The number of carbonyl (C=O) groups excluding carboxylic acids is 2. The summed E-state index contributed by atoms with van der Waals surface area (Å²) in [5.74, 6) is 0.478. The van der Waals surface area contributed by atoms with Crippen LogP contribution in [0.1, 0.15) is 45.4 Å². The Morgan fingerprint density at radius 1 is 1.27 bits per heavy atom. The molecule has 1 aliphatic rings. The van der Waals surface area contributed by atoms with E-state index in [4.69, 9.17) is 0 Å². The van der Waals surface area contributed by atoms with E-state index in [2.05, 4.69) is 12.2 Å². The van der Waals surface area contributed by atoms with Crippen molar-refractivity contribution >= 4 is 28.8 Å². The maximum absolute atomic E-state index is 12.7. The van der Waals surface area contributed by atoms with Crippen molar-refractivity contribution < 1.29 is 9.59 Å². The van der Waals surface area contributed by atoms with Crippen molar-refractivity contribution in [3.05, 3.63) is 51.2 Å². The Morgan fingerprint density at radius 2 is 2.00 bits per heavy atom. The summed E-state index contributed by atoms with van der Waals surface area (Å²) in [7, 11) is 1.69. The number of likely N-dealkylation sites (N-methyl/N-ethyl adjacent to an activating group) is 1. The van der Waals surface area contributed by atoms with Gasteiger partial charge in [0.2, 0.25) is 5.91 Å². The first-order chi connectivity index (χ1) is 12.5. The lowest BCUT2D eigenvalue weighted by Crippen LogP contribution is -2.34. The number of benzene rings is 1. The van der Waals surface area contributed by atoms with E-state index in [-0.39, 0.29) is 18.4 Å². The second-order valence-corrected chi connectivity index (χ2v) is 8.29. The van der Waals surface area contributed by atoms with Crippen LogP contribution in [-0.4, -0.2) is 30.3 Å². The number of aryl methyl sites for hydroxylation is 2. The minimum atomic E-state index is -0.183. The van der Waals surface area contributed by atoms with Crippen LogP contribution in [0.15, 0.2) is 30.3 Å². The molecule has 138 valence electrons. The lowest BCUT2D eigenvalue weighted by Gasteiger charge is -2.19. The summed E-state index contributed by atoms with van der Waals surface area (Å²) in [5, 5.41) is 2.84. The Labute approximate surface area is 159 Å². The van der Waals surface area contributed by atoms with Gasteiger partial charge in [0.1, 0.15) is 0 Å². The summed E-state index contributed by atoms with van der Waals surface area (Å²) in [4.78, 5) is 28.5. The molecule has 0 bridgehead atoms. The third kappa shape index (κ3) is 4.33. The normalized spacial score (nSPS) is 16.0. The first kappa shape index (κ1) is 18.6. The zero-order valence-electron chi connectivity index (χ0n) is 15.7. The zero-order chi connectivity index (χ0) is 18.7. The molecule has 1 aromatic heterocycles. The van der Waals surface area contributed by atoms with Crippen LogP contribution in [0.3, 0.4) is 0 Å². The molecule has 0 saturated carbocycles. The monoisotopic (exact) mass is 370 g/mol. The Morgan fingerprint density at radius 3 is 2.69 bits per heavy atom. The highest BCUT2D eigenvalue weighted by Crippen LogP contribution is 2.33. The molecule has 0 fully saturated rings. The predicted octanol–water partition coefficient (Wildman–Crippen LogP) is 4.28. The minimum Gasteiger partial charge on any atom is -0.332 e. The molecule has 0 saturated heterocycles. The molecule has 5 heteroatoms. The highest BCUT2D eigenvalue weighted by molar-refractivity contribution is 7.14. The molecule has 1 heterocycles. The number of rotatable bonds is 5. The Hall–Kier alpha value is -2.14. The summed E-state index contributed by atoms with van der Waals surface area (Å²) in [6.45, 7) is 4.28. The van der Waals surface area contributed by atoms with Crippen molar-refractivity contribution in [3.8, 4) is 0 Å². The van der Waals surface area contributed by atoms with Gasteiger partial charge in [-0.1, -0.05) is 31.0 Å². The first-order valence-corrected chi connectivity index (χ1v) is 10.0. The number of amides is 2. The molecule has 1 aromatic carbocycles. The molecule has 4 nitrogen and oxygen atoms in total. The predicted molar refractivity (Wildman–Crippen MR) is 107 cm³/mol. The van der Waals surface area contributed by atoms with Gasteiger partial charge < -0.3 is 10.2 Å². The van der Waals surface area contributed by atoms with Crippen molar-refractivity contribution in [3.63, 3.8) is 0 Å². The number of thiophene rings is 1. The average molecular weight is 371 g/mol. The number of hydrogen-bond acceptors (Lipinski definition) is 3. The summed E-state index contributed by atoms with van der Waals surface area (Å²) in [5.41, 5.74) is 3.22. The van der Waals surface area contributed by atoms with Crippen LogP contribution >= 0.6 is 11.3 Å². The number of nitrogens with one attached hydrogen (secondary N) is 1. The molecule has 2 aromatic rings. The molecule has 26 heavy (non-hydrogen) atoms. The quantitative estimate of drug-likeness (QED) is 0.854. The largest absolute Gasteiger partial charge is 0.332 e. The molecule has 2 amide bonds. The van der Waals surface area contributed by atoms with Crippen LogP contribution in [-0.2, 0) is 17.6 Å². The second kappa shape index (κ2) is 8.04. The van der Waals surface area contributed by atoms with Gasteiger partial charge in [0.05, 0.1) is 11.4 Å². The van der Waals surface area contributed by atoms with Crippen molar-refractivity contribution in [2.75, 3.05) is 18.9 Å². The first-order valence-electron chi connectivity index (χ1n) is 9.19. The molecule has 0 radical (unpaired) electrons. The fraction of sp³-hybridized carbons (Fsp3) is 0.429. The van der Waals surface area contributed by atoms with Gasteiger partial charge in [-0.3, -0.25) is 9.59 Å². The van der Waals surface area contributed by atoms with Gasteiger partial charge >= 0.3 is 0 Å². The number of hydrogen-bond donors (Lipinski definition) is 1. The smallest absolute Gasteiger partial charge is 0.264 e. The van der Waals surface area contributed by atoms with Crippen LogP contribution in [0.4, 0.5) is 5.69 Å². The van der Waals surface area contributed by atoms with Gasteiger partial charge in [-0.2, -0.15) is 0 Å². The van der Waals surface area contributed by atoms with E-state index < -0.39 is 0 Å². The summed E-state index contributed by atoms with van der Waals surface area (Å²) in [6, 6.07) is 9.67. The van der Waals surface area contributed by atoms with Gasteiger partial charge in [-0.15, -0.1) is 11.3 Å². The van der Waals surface area contributed by atoms with Crippen molar-refractivity contribution in [1.29, 1.82) is 0 Å². The number of fused-ring (bicyclic) bond motifs is 1. The van der Waals surface area contributed by atoms with Gasteiger partial charge in [0.15, 0.2) is 0 Å². The fourth-order valence-electron chi connectivity index (χ4n) is 3.37. The van der Waals surface area contributed by atoms with Gasteiger partial charge in [0.25, 0.3) is 5.91 Å². The molecule has 1 N–H and O–H groups in total. The standard InChI is InChI=1S/C21H26N2O2S/c1-4-15-7-10-18-16(11-15)12-19(26-18)21(25)23(3)13-20(24)22-17-8-5-14(2)6-9-17/h5-6,8-9,12,15H,4,7,10-11,13H2,1-3H3,(H,22,24)/t15-/m1/s1. The van der Waals surface area contributed by atoms with Gasteiger partial charge in [-0.05, 0) is 55.9 Å². The maximum atomic E-state index is 12.7. The minimum absolute atomic E-state index is 0.0485. The van der Waals surface area contributed by atoms with Crippen molar-refractivity contribution in [2.45, 2.75) is 39.5 Å². The van der Waals surface area contributed by atoms with E-state index in [0.717, 1.165) is 34.9 Å². The molecule has 0 unspecified atom stereocenters. The maximum Gasteiger partial charge on any atom is 0.264 e. The van der Waals surface area contributed by atoms with Crippen LogP contribution in [0, 0.1) is 12.8 Å². The van der Waals surface area contributed by atoms with Crippen LogP contribution in [0.25, 0.3) is 0 Å². The molecule has 1 aliphatic carbocycles. The Bertz CT molecular complexity index is 795. The summed E-state index contributed by atoms with van der Waals surface area (Å²) >= 11 is 1.59. The number of carbonyl (C=O) groups is 2. The number of nitrogens with zero attached hydrogens (tertiary/aromatic N) is 1. The molecular weight excluding hydrogens is 344 g/mol. The van der Waals surface area contributed by atoms with Crippen molar-refractivity contribution in [2.24, 2.45) is 5.92 Å². The van der Waals surface area contributed by atoms with E-state index in [0.29, 0.717) is 0 Å². The molecule has 3 rings (SSSR count). The highest BCUT2D eigenvalue weighted by atomic mass is 32.1. The van der Waals surface area contributed by atoms with Gasteiger partial charge in [-0.25, -0.2) is 0 Å². The van der Waals surface area contributed by atoms with Crippen LogP contribution < -0.4 is 5.32 Å². The zero-order valence-corrected chi connectivity index (χ0v) is 16.5. The lowest BCUT2D eigenvalue weighted by molar-refractivity contribution is -0.116. The molecular formula is C21H26N2O2S. The molecule has 1 atom stereocenters. The van der Waals surface area contributed by atoms with Gasteiger partial charge in [0, 0.05) is 17.6 Å². The molecule has 0 aliphatic heterocycles. The van der Waals surface area contributed by atoms with E-state index in [1.165, 1.54) is 28.2 Å². The second-order valence-electron chi connectivity index (χ2n) is 7.15. The summed E-state index contributed by atoms with van der Waals surface area (Å²) in [6.07, 6.45) is 4.56. The van der Waals surface area contributed by atoms with Crippen LogP contribution in [0.2, 0.25) is 0 Å².